The summed E-state index contributed by atoms with van der Waals surface area (Å²) in [6.07, 6.45) is 23.4. The molecule has 54 heavy (non-hydrogen) atoms. The van der Waals surface area contributed by atoms with Crippen molar-refractivity contribution in [1.29, 1.82) is 0 Å². The second-order valence-electron chi connectivity index (χ2n) is 13.4. The van der Waals surface area contributed by atoms with Gasteiger partial charge in [-0.3, -0.25) is 4.79 Å². The molecule has 0 aromatic heterocycles. The highest BCUT2D eigenvalue weighted by atomic mass is 16.6. The zero-order valence-electron chi connectivity index (χ0n) is 35.0. The van der Waals surface area contributed by atoms with E-state index in [0.717, 1.165) is 19.4 Å². The van der Waals surface area contributed by atoms with E-state index in [0.29, 0.717) is 132 Å². The van der Waals surface area contributed by atoms with E-state index < -0.39 is 0 Å². The summed E-state index contributed by atoms with van der Waals surface area (Å²) in [6.45, 7) is 15.2. The minimum Gasteiger partial charge on any atom is -0.463 e. The summed E-state index contributed by atoms with van der Waals surface area (Å²) in [6, 6.07) is 0. The Bertz CT molecular complexity index is 688. The van der Waals surface area contributed by atoms with E-state index in [4.69, 9.17) is 52.1 Å². The molecule has 0 saturated carbocycles. The van der Waals surface area contributed by atoms with E-state index in [1.165, 1.54) is 96.3 Å². The summed E-state index contributed by atoms with van der Waals surface area (Å²) in [4.78, 5) is 11.2. The summed E-state index contributed by atoms with van der Waals surface area (Å²) >= 11 is 0. The second kappa shape index (κ2) is 50.1. The molecule has 0 atom stereocenters. The first kappa shape index (κ1) is 53.1. The summed E-state index contributed by atoms with van der Waals surface area (Å²) in [5.74, 6) is -0.184. The zero-order valence-corrected chi connectivity index (χ0v) is 35.0. The third kappa shape index (κ3) is 49.1. The van der Waals surface area contributed by atoms with Crippen LogP contribution in [0.25, 0.3) is 0 Å². The Hall–Kier alpha value is -0.930. The lowest BCUT2D eigenvalue weighted by molar-refractivity contribution is -0.145. The lowest BCUT2D eigenvalue weighted by atomic mass is 10.0. The first-order valence-corrected chi connectivity index (χ1v) is 21.7. The van der Waals surface area contributed by atoms with Crippen molar-refractivity contribution in [3.8, 4) is 0 Å². The average molecular weight is 781 g/mol. The van der Waals surface area contributed by atoms with Crippen molar-refractivity contribution < 1.29 is 56.9 Å². The molecule has 0 aliphatic rings. The minimum absolute atomic E-state index is 0.184. The Morgan fingerprint density at radius 3 is 0.741 bits per heavy atom. The van der Waals surface area contributed by atoms with Crippen molar-refractivity contribution >= 4 is 5.97 Å². The van der Waals surface area contributed by atoms with Crippen LogP contribution in [0.4, 0.5) is 0 Å². The molecule has 0 unspecified atom stereocenters. The molecule has 324 valence electrons. The first-order valence-electron chi connectivity index (χ1n) is 21.7. The summed E-state index contributed by atoms with van der Waals surface area (Å²) in [5.41, 5.74) is 0. The molecule has 0 fully saturated rings. The van der Waals surface area contributed by atoms with Crippen LogP contribution in [0.1, 0.15) is 129 Å². The maximum atomic E-state index is 11.2. The van der Waals surface area contributed by atoms with Crippen molar-refractivity contribution in [2.45, 2.75) is 129 Å². The molecule has 0 spiro atoms. The lowest BCUT2D eigenvalue weighted by Gasteiger charge is -2.09. The second-order valence-corrected chi connectivity index (χ2v) is 13.4. The predicted octanol–water partition coefficient (Wildman–Crippen LogP) is 7.76. The van der Waals surface area contributed by atoms with E-state index >= 15 is 0 Å². The van der Waals surface area contributed by atoms with Crippen LogP contribution in [-0.2, 0) is 56.9 Å². The van der Waals surface area contributed by atoms with Gasteiger partial charge in [0.05, 0.1) is 126 Å². The Balaban J connectivity index is 3.06. The Morgan fingerprint density at radius 2 is 0.481 bits per heavy atom. The third-order valence-corrected chi connectivity index (χ3v) is 8.44. The summed E-state index contributed by atoms with van der Waals surface area (Å²) in [7, 11) is 0. The summed E-state index contributed by atoms with van der Waals surface area (Å²) in [5, 5.41) is 0. The molecule has 0 radical (unpaired) electrons. The number of carbonyl (C=O) groups is 1. The molecule has 0 bridgehead atoms. The van der Waals surface area contributed by atoms with Gasteiger partial charge in [-0.05, 0) is 12.8 Å². The summed E-state index contributed by atoms with van der Waals surface area (Å²) < 4.78 is 60.1. The fourth-order valence-electron chi connectivity index (χ4n) is 5.32. The Labute approximate surface area is 330 Å². The fourth-order valence-corrected chi connectivity index (χ4v) is 5.32. The van der Waals surface area contributed by atoms with Gasteiger partial charge in [-0.25, -0.2) is 0 Å². The number of hydrogen-bond acceptors (Lipinski definition) is 12. The Kier molecular flexibility index (Phi) is 49.2. The first-order chi connectivity index (χ1) is 26.8. The van der Waals surface area contributed by atoms with Gasteiger partial charge >= 0.3 is 5.97 Å². The van der Waals surface area contributed by atoms with Crippen LogP contribution in [0, 0.1) is 0 Å². The van der Waals surface area contributed by atoms with Crippen LogP contribution in [0.5, 0.6) is 0 Å². The van der Waals surface area contributed by atoms with Gasteiger partial charge in [0.2, 0.25) is 0 Å². The van der Waals surface area contributed by atoms with Crippen LogP contribution in [-0.4, -0.2) is 145 Å². The quantitative estimate of drug-likeness (QED) is 0.0444. The fraction of sp³-hybridized carbons (Fsp3) is 0.976. The molecule has 0 heterocycles. The molecular formula is C42H84O12. The maximum absolute atomic E-state index is 11.2. The Morgan fingerprint density at radius 1 is 0.259 bits per heavy atom. The third-order valence-electron chi connectivity index (χ3n) is 8.44. The smallest absolute Gasteiger partial charge is 0.305 e. The SMILES string of the molecule is CCCCCCCCCCCCCCCCCCOCCOCCOCCOCCOCCOCCOCCOCCOCCOCCOC(=O)CCC. The van der Waals surface area contributed by atoms with Gasteiger partial charge in [-0.1, -0.05) is 110 Å². The molecule has 12 nitrogen and oxygen atoms in total. The molecule has 0 saturated heterocycles. The van der Waals surface area contributed by atoms with Crippen molar-refractivity contribution in [1.82, 2.24) is 0 Å². The largest absolute Gasteiger partial charge is 0.463 e. The number of hydrogen-bond donors (Lipinski definition) is 0. The van der Waals surface area contributed by atoms with E-state index in [1.807, 2.05) is 6.92 Å². The minimum atomic E-state index is -0.184. The molecule has 0 aliphatic heterocycles. The number of rotatable bonds is 49. The van der Waals surface area contributed by atoms with Gasteiger partial charge < -0.3 is 52.1 Å². The highest BCUT2D eigenvalue weighted by Crippen LogP contribution is 2.13. The van der Waals surface area contributed by atoms with E-state index in [2.05, 4.69) is 6.92 Å². The maximum Gasteiger partial charge on any atom is 0.305 e. The number of esters is 1. The number of unbranched alkanes of at least 4 members (excludes halogenated alkanes) is 15. The van der Waals surface area contributed by atoms with Gasteiger partial charge in [-0.15, -0.1) is 0 Å². The molecule has 0 amide bonds. The molecule has 0 aromatic carbocycles. The van der Waals surface area contributed by atoms with Gasteiger partial charge in [0, 0.05) is 13.0 Å². The molecule has 0 N–H and O–H groups in total. The van der Waals surface area contributed by atoms with Crippen molar-refractivity contribution in [2.24, 2.45) is 0 Å². The van der Waals surface area contributed by atoms with Gasteiger partial charge in [0.25, 0.3) is 0 Å². The molecule has 0 rings (SSSR count). The number of ether oxygens (including phenoxy) is 11. The van der Waals surface area contributed by atoms with Gasteiger partial charge in [0.1, 0.15) is 6.61 Å². The van der Waals surface area contributed by atoms with Crippen LogP contribution < -0.4 is 0 Å². The van der Waals surface area contributed by atoms with E-state index in [-0.39, 0.29) is 12.6 Å². The van der Waals surface area contributed by atoms with Crippen molar-refractivity contribution in [3.63, 3.8) is 0 Å². The van der Waals surface area contributed by atoms with Gasteiger partial charge in [0.15, 0.2) is 0 Å². The normalized spacial score (nSPS) is 11.5. The highest BCUT2D eigenvalue weighted by Gasteiger charge is 2.01. The topological polar surface area (TPSA) is 119 Å². The van der Waals surface area contributed by atoms with Crippen LogP contribution in [0.2, 0.25) is 0 Å². The molecular weight excluding hydrogens is 696 g/mol. The van der Waals surface area contributed by atoms with Crippen LogP contribution in [0.15, 0.2) is 0 Å². The standard InChI is InChI=1S/C42H84O12/c1-3-5-6-7-8-9-10-11-12-13-14-15-16-17-18-19-21-44-22-23-45-24-25-46-26-27-47-28-29-48-30-31-49-32-33-50-34-35-51-36-37-52-38-39-53-40-41-54-42(43)20-4-2/h3-41H2,1-2H3. The van der Waals surface area contributed by atoms with Crippen LogP contribution >= 0.6 is 0 Å². The van der Waals surface area contributed by atoms with Crippen molar-refractivity contribution in [2.75, 3.05) is 139 Å². The van der Waals surface area contributed by atoms with Crippen LogP contribution in [0.3, 0.4) is 0 Å². The number of carbonyl (C=O) groups excluding carboxylic acids is 1. The monoisotopic (exact) mass is 781 g/mol. The lowest BCUT2D eigenvalue weighted by Crippen LogP contribution is -2.15. The van der Waals surface area contributed by atoms with E-state index in [1.54, 1.807) is 0 Å². The van der Waals surface area contributed by atoms with Crippen molar-refractivity contribution in [3.05, 3.63) is 0 Å². The molecule has 0 aliphatic carbocycles. The van der Waals surface area contributed by atoms with Gasteiger partial charge in [-0.2, -0.15) is 0 Å². The van der Waals surface area contributed by atoms with E-state index in [9.17, 15) is 4.79 Å². The highest BCUT2D eigenvalue weighted by molar-refractivity contribution is 5.69. The molecule has 12 heteroatoms. The zero-order chi connectivity index (χ0) is 38.9. The molecule has 0 aromatic rings. The predicted molar refractivity (Wildman–Crippen MR) is 214 cm³/mol. The average Bonchev–Trinajstić information content (AvgIpc) is 3.17.